The van der Waals surface area contributed by atoms with Crippen molar-refractivity contribution in [2.45, 2.75) is 6.54 Å². The Balaban J connectivity index is 1.69. The Morgan fingerprint density at radius 2 is 2.00 bits per heavy atom. The highest BCUT2D eigenvalue weighted by Crippen LogP contribution is 2.25. The first kappa shape index (κ1) is 14.7. The zero-order valence-corrected chi connectivity index (χ0v) is 13.5. The van der Waals surface area contributed by atoms with E-state index in [0.717, 1.165) is 28.3 Å². The molecule has 4 rings (SSSR count). The van der Waals surface area contributed by atoms with Gasteiger partial charge in [0.1, 0.15) is 0 Å². The van der Waals surface area contributed by atoms with Gasteiger partial charge in [0.15, 0.2) is 11.5 Å². The van der Waals surface area contributed by atoms with Gasteiger partial charge in [-0.15, -0.1) is 0 Å². The van der Waals surface area contributed by atoms with Crippen LogP contribution in [0.3, 0.4) is 0 Å². The number of pyridine rings is 1. The van der Waals surface area contributed by atoms with Gasteiger partial charge >= 0.3 is 0 Å². The van der Waals surface area contributed by atoms with Gasteiger partial charge in [0.2, 0.25) is 0 Å². The normalized spacial score (nSPS) is 10.9. The van der Waals surface area contributed by atoms with E-state index in [1.165, 1.54) is 0 Å². The number of nitrogens with one attached hydrogen (secondary N) is 1. The SMILES string of the molecule is Clc1cccc(-c2cnc3c(NCc4cccnc4)nccn23)c1. The van der Waals surface area contributed by atoms with E-state index in [9.17, 15) is 0 Å². The third-order valence-electron chi connectivity index (χ3n) is 3.73. The smallest absolute Gasteiger partial charge is 0.180 e. The van der Waals surface area contributed by atoms with Crippen LogP contribution in [0.4, 0.5) is 5.82 Å². The van der Waals surface area contributed by atoms with Crippen LogP contribution in [0, 0.1) is 0 Å². The number of benzene rings is 1. The summed E-state index contributed by atoms with van der Waals surface area (Å²) >= 11 is 6.10. The molecule has 0 spiro atoms. The predicted octanol–water partition coefficient (Wildman–Crippen LogP) is 4.06. The third kappa shape index (κ3) is 2.81. The molecule has 0 atom stereocenters. The highest BCUT2D eigenvalue weighted by atomic mass is 35.5. The average Bonchev–Trinajstić information content (AvgIpc) is 3.05. The molecule has 118 valence electrons. The van der Waals surface area contributed by atoms with Crippen LogP contribution in [0.1, 0.15) is 5.56 Å². The van der Waals surface area contributed by atoms with E-state index >= 15 is 0 Å². The minimum Gasteiger partial charge on any atom is -0.363 e. The van der Waals surface area contributed by atoms with E-state index in [2.05, 4.69) is 20.3 Å². The minimum absolute atomic E-state index is 0.639. The zero-order chi connectivity index (χ0) is 16.4. The molecule has 24 heavy (non-hydrogen) atoms. The first-order valence-electron chi connectivity index (χ1n) is 7.52. The number of imidazole rings is 1. The summed E-state index contributed by atoms with van der Waals surface area (Å²) in [5.41, 5.74) is 3.85. The van der Waals surface area contributed by atoms with Gasteiger partial charge in [-0.2, -0.15) is 0 Å². The summed E-state index contributed by atoms with van der Waals surface area (Å²) in [6, 6.07) is 11.7. The van der Waals surface area contributed by atoms with Crippen molar-refractivity contribution >= 4 is 23.1 Å². The topological polar surface area (TPSA) is 55.1 Å². The Hall–Kier alpha value is -2.92. The van der Waals surface area contributed by atoms with E-state index in [4.69, 9.17) is 11.6 Å². The molecule has 0 fully saturated rings. The molecule has 1 N–H and O–H groups in total. The monoisotopic (exact) mass is 335 g/mol. The maximum atomic E-state index is 6.10. The molecule has 0 bridgehead atoms. The Morgan fingerprint density at radius 1 is 1.04 bits per heavy atom. The number of rotatable bonds is 4. The van der Waals surface area contributed by atoms with Crippen molar-refractivity contribution in [2.24, 2.45) is 0 Å². The van der Waals surface area contributed by atoms with Crippen molar-refractivity contribution in [3.05, 3.63) is 78.0 Å². The molecule has 5 nitrogen and oxygen atoms in total. The summed E-state index contributed by atoms with van der Waals surface area (Å²) in [5, 5.41) is 4.02. The van der Waals surface area contributed by atoms with Crippen LogP contribution in [0.2, 0.25) is 5.02 Å². The van der Waals surface area contributed by atoms with Crippen molar-refractivity contribution in [2.75, 3.05) is 5.32 Å². The molecule has 0 saturated heterocycles. The fourth-order valence-corrected chi connectivity index (χ4v) is 2.78. The first-order chi connectivity index (χ1) is 11.8. The third-order valence-corrected chi connectivity index (χ3v) is 3.97. The van der Waals surface area contributed by atoms with Crippen molar-refractivity contribution in [1.29, 1.82) is 0 Å². The van der Waals surface area contributed by atoms with E-state index < -0.39 is 0 Å². The molecule has 0 aliphatic heterocycles. The van der Waals surface area contributed by atoms with Gasteiger partial charge in [-0.3, -0.25) is 9.38 Å². The van der Waals surface area contributed by atoms with Gasteiger partial charge in [0.25, 0.3) is 0 Å². The maximum Gasteiger partial charge on any atom is 0.180 e. The van der Waals surface area contributed by atoms with E-state index in [1.54, 1.807) is 12.4 Å². The van der Waals surface area contributed by atoms with Crippen LogP contribution in [0.25, 0.3) is 16.9 Å². The van der Waals surface area contributed by atoms with Gasteiger partial charge in [0, 0.05) is 41.9 Å². The average molecular weight is 336 g/mol. The number of nitrogens with zero attached hydrogens (tertiary/aromatic N) is 4. The molecule has 0 aliphatic rings. The van der Waals surface area contributed by atoms with Crippen LogP contribution < -0.4 is 5.32 Å². The number of hydrogen-bond donors (Lipinski definition) is 1. The molecule has 1 aromatic carbocycles. The van der Waals surface area contributed by atoms with Gasteiger partial charge in [0.05, 0.1) is 11.9 Å². The van der Waals surface area contributed by atoms with E-state index in [1.807, 2.05) is 59.4 Å². The number of aromatic nitrogens is 4. The second-order valence-electron chi connectivity index (χ2n) is 5.34. The Kier molecular flexibility index (Phi) is 3.84. The second-order valence-corrected chi connectivity index (χ2v) is 5.77. The summed E-state index contributed by atoms with van der Waals surface area (Å²) in [6.45, 7) is 0.639. The van der Waals surface area contributed by atoms with Gasteiger partial charge in [-0.05, 0) is 23.8 Å². The molecule has 0 unspecified atom stereocenters. The molecule has 3 aromatic heterocycles. The molecular formula is C18H14ClN5. The van der Waals surface area contributed by atoms with Crippen LogP contribution in [-0.2, 0) is 6.54 Å². The van der Waals surface area contributed by atoms with Crippen LogP contribution in [0.5, 0.6) is 0 Å². The van der Waals surface area contributed by atoms with Crippen LogP contribution in [0.15, 0.2) is 67.4 Å². The molecule has 0 radical (unpaired) electrons. The number of fused-ring (bicyclic) bond motifs is 1. The fraction of sp³-hybridized carbons (Fsp3) is 0.0556. The fourth-order valence-electron chi connectivity index (χ4n) is 2.59. The zero-order valence-electron chi connectivity index (χ0n) is 12.7. The molecular weight excluding hydrogens is 322 g/mol. The van der Waals surface area contributed by atoms with Crippen LogP contribution >= 0.6 is 11.6 Å². The lowest BCUT2D eigenvalue weighted by molar-refractivity contribution is 1.06. The van der Waals surface area contributed by atoms with Gasteiger partial charge in [-0.25, -0.2) is 9.97 Å². The predicted molar refractivity (Wildman–Crippen MR) is 95.0 cm³/mol. The molecule has 6 heteroatoms. The minimum atomic E-state index is 0.639. The Bertz CT molecular complexity index is 981. The largest absolute Gasteiger partial charge is 0.363 e. The van der Waals surface area contributed by atoms with Crippen molar-refractivity contribution < 1.29 is 0 Å². The summed E-state index contributed by atoms with van der Waals surface area (Å²) in [7, 11) is 0. The van der Waals surface area contributed by atoms with Crippen molar-refractivity contribution in [1.82, 2.24) is 19.4 Å². The highest BCUT2D eigenvalue weighted by molar-refractivity contribution is 6.30. The second kappa shape index (κ2) is 6.29. The molecule has 0 saturated carbocycles. The highest BCUT2D eigenvalue weighted by Gasteiger charge is 2.10. The number of anilines is 1. The molecule has 0 amide bonds. The summed E-state index contributed by atoms with van der Waals surface area (Å²) in [5.74, 6) is 0.731. The Labute approximate surface area is 144 Å². The number of hydrogen-bond acceptors (Lipinski definition) is 4. The molecule has 3 heterocycles. The van der Waals surface area contributed by atoms with E-state index in [-0.39, 0.29) is 0 Å². The summed E-state index contributed by atoms with van der Waals surface area (Å²) in [4.78, 5) is 13.0. The first-order valence-corrected chi connectivity index (χ1v) is 7.90. The lowest BCUT2D eigenvalue weighted by atomic mass is 10.2. The summed E-state index contributed by atoms with van der Waals surface area (Å²) in [6.07, 6.45) is 9.07. The van der Waals surface area contributed by atoms with Crippen LogP contribution in [-0.4, -0.2) is 19.4 Å². The quantitative estimate of drug-likeness (QED) is 0.611. The lowest BCUT2D eigenvalue weighted by Crippen LogP contribution is -2.04. The number of halogens is 1. The summed E-state index contributed by atoms with van der Waals surface area (Å²) < 4.78 is 2.00. The van der Waals surface area contributed by atoms with Gasteiger partial charge < -0.3 is 5.32 Å². The lowest BCUT2D eigenvalue weighted by Gasteiger charge is -2.08. The van der Waals surface area contributed by atoms with Gasteiger partial charge in [-0.1, -0.05) is 29.8 Å². The molecule has 4 aromatic rings. The maximum absolute atomic E-state index is 6.10. The van der Waals surface area contributed by atoms with Crippen molar-refractivity contribution in [3.8, 4) is 11.3 Å². The Morgan fingerprint density at radius 3 is 2.83 bits per heavy atom. The molecule has 0 aliphatic carbocycles. The van der Waals surface area contributed by atoms with Crippen molar-refractivity contribution in [3.63, 3.8) is 0 Å². The standard InChI is InChI=1S/C18H14ClN5/c19-15-5-1-4-14(9-15)16-12-23-18-17(21-7-8-24(16)18)22-11-13-3-2-6-20-10-13/h1-10,12H,11H2,(H,21,22). The van der Waals surface area contributed by atoms with E-state index in [0.29, 0.717) is 11.6 Å².